The molecule has 0 aromatic heterocycles. The molecule has 2 amide bonds. The van der Waals surface area contributed by atoms with Gasteiger partial charge in [0.1, 0.15) is 11.2 Å². The van der Waals surface area contributed by atoms with E-state index in [1.165, 1.54) is 0 Å². The molecular weight excluding hydrogens is 482 g/mol. The van der Waals surface area contributed by atoms with E-state index in [1.807, 2.05) is 12.1 Å². The first-order valence-electron chi connectivity index (χ1n) is 9.63. The number of rotatable bonds is 3. The van der Waals surface area contributed by atoms with Gasteiger partial charge in [-0.1, -0.05) is 63.9 Å². The van der Waals surface area contributed by atoms with Crippen molar-refractivity contribution in [2.75, 3.05) is 4.90 Å². The fraction of sp³-hybridized carbons (Fsp3) is 0.125. The quantitative estimate of drug-likeness (QED) is 0.294. The molecule has 154 valence electrons. The minimum Gasteiger partial charge on any atom is -0.425 e. The molecule has 5 rings (SSSR count). The first kappa shape index (κ1) is 20.0. The van der Waals surface area contributed by atoms with Gasteiger partial charge >= 0.3 is 5.97 Å². The van der Waals surface area contributed by atoms with Gasteiger partial charge in [0.05, 0.1) is 11.6 Å². The second kappa shape index (κ2) is 7.32. The summed E-state index contributed by atoms with van der Waals surface area (Å²) in [6.07, 6.45) is -0.124. The third-order valence-electron chi connectivity index (χ3n) is 5.86. The van der Waals surface area contributed by atoms with E-state index in [0.29, 0.717) is 27.6 Å². The fourth-order valence-electron chi connectivity index (χ4n) is 4.55. The molecule has 0 radical (unpaired) electrons. The van der Waals surface area contributed by atoms with Crippen LogP contribution in [0.2, 0.25) is 5.02 Å². The second-order valence-electron chi connectivity index (χ2n) is 7.51. The maximum absolute atomic E-state index is 13.7. The molecule has 2 heterocycles. The lowest BCUT2D eigenvalue weighted by Gasteiger charge is -2.31. The molecule has 2 atom stereocenters. The summed E-state index contributed by atoms with van der Waals surface area (Å²) in [4.78, 5) is 41.3. The van der Waals surface area contributed by atoms with Crippen LogP contribution in [0.5, 0.6) is 5.75 Å². The number of imide groups is 1. The summed E-state index contributed by atoms with van der Waals surface area (Å²) in [5, 5.41) is 0.415. The van der Waals surface area contributed by atoms with Gasteiger partial charge in [0, 0.05) is 21.5 Å². The number of amides is 2. The number of esters is 1. The van der Waals surface area contributed by atoms with Gasteiger partial charge < -0.3 is 4.74 Å². The van der Waals surface area contributed by atoms with Gasteiger partial charge in [-0.05, 0) is 42.0 Å². The van der Waals surface area contributed by atoms with Crippen molar-refractivity contribution in [1.29, 1.82) is 0 Å². The molecule has 1 saturated heterocycles. The van der Waals surface area contributed by atoms with Crippen LogP contribution in [0.15, 0.2) is 77.3 Å². The largest absolute Gasteiger partial charge is 0.425 e. The van der Waals surface area contributed by atoms with E-state index in [0.717, 1.165) is 9.37 Å². The Morgan fingerprint density at radius 2 is 1.74 bits per heavy atom. The number of carbonyl (C=O) groups is 3. The summed E-state index contributed by atoms with van der Waals surface area (Å²) in [5.74, 6) is -2.02. The smallest absolute Gasteiger partial charge is 0.327 e. The predicted molar refractivity (Wildman–Crippen MR) is 119 cm³/mol. The monoisotopic (exact) mass is 495 g/mol. The highest BCUT2D eigenvalue weighted by Gasteiger charge is 2.62. The zero-order valence-corrected chi connectivity index (χ0v) is 18.4. The van der Waals surface area contributed by atoms with Crippen LogP contribution in [0.3, 0.4) is 0 Å². The van der Waals surface area contributed by atoms with Crippen LogP contribution in [-0.4, -0.2) is 17.8 Å². The lowest BCUT2D eigenvalue weighted by Crippen LogP contribution is -2.46. The summed E-state index contributed by atoms with van der Waals surface area (Å²) >= 11 is 9.64. The average molecular weight is 497 g/mol. The molecule has 3 aromatic rings. The molecule has 0 saturated carbocycles. The highest BCUT2D eigenvalue weighted by atomic mass is 79.9. The Balaban J connectivity index is 1.72. The zero-order chi connectivity index (χ0) is 21.8. The van der Waals surface area contributed by atoms with Crippen molar-refractivity contribution in [3.05, 3.63) is 93.4 Å². The first-order valence-corrected chi connectivity index (χ1v) is 10.8. The first-order chi connectivity index (χ1) is 14.9. The molecular formula is C24H15BrClNO4. The van der Waals surface area contributed by atoms with E-state index in [9.17, 15) is 14.4 Å². The number of anilines is 1. The molecule has 0 unspecified atom stereocenters. The topological polar surface area (TPSA) is 63.7 Å². The van der Waals surface area contributed by atoms with Gasteiger partial charge in [-0.25, -0.2) is 0 Å². The van der Waals surface area contributed by atoms with E-state index in [2.05, 4.69) is 15.9 Å². The second-order valence-corrected chi connectivity index (χ2v) is 8.86. The van der Waals surface area contributed by atoms with E-state index in [4.69, 9.17) is 16.3 Å². The van der Waals surface area contributed by atoms with Gasteiger partial charge in [0.25, 0.3) is 0 Å². The minimum absolute atomic E-state index is 0.124. The fourth-order valence-corrected chi connectivity index (χ4v) is 5.11. The van der Waals surface area contributed by atoms with Crippen molar-refractivity contribution in [3.63, 3.8) is 0 Å². The Kier molecular flexibility index (Phi) is 4.72. The molecule has 0 bridgehead atoms. The Morgan fingerprint density at radius 1 is 0.968 bits per heavy atom. The maximum atomic E-state index is 13.7. The molecule has 0 N–H and O–H groups in total. The van der Waals surface area contributed by atoms with Crippen molar-refractivity contribution in [2.45, 2.75) is 11.8 Å². The van der Waals surface area contributed by atoms with Crippen molar-refractivity contribution in [2.24, 2.45) is 5.92 Å². The van der Waals surface area contributed by atoms with E-state index in [-0.39, 0.29) is 12.3 Å². The van der Waals surface area contributed by atoms with Crippen molar-refractivity contribution < 1.29 is 19.1 Å². The Labute approximate surface area is 191 Å². The van der Waals surface area contributed by atoms with E-state index in [1.54, 1.807) is 60.7 Å². The standard InChI is InChI=1S/C24H15BrClNO4/c25-15-7-4-8-17(11-15)27-21(28)13-19(22(27)29)24(14-5-2-1-3-6-14)18-12-16(26)9-10-20(18)31-23(24)30/h1-12,19H,13H2/t19-,24+/m1/s1. The number of benzene rings is 3. The number of halogens is 2. The average Bonchev–Trinajstić information content (AvgIpc) is 3.21. The Morgan fingerprint density at radius 3 is 2.48 bits per heavy atom. The van der Waals surface area contributed by atoms with Crippen molar-refractivity contribution in [1.82, 2.24) is 0 Å². The Bertz CT molecular complexity index is 1250. The van der Waals surface area contributed by atoms with Gasteiger partial charge in [-0.15, -0.1) is 0 Å². The number of nitrogens with zero attached hydrogens (tertiary/aromatic N) is 1. The molecule has 5 nitrogen and oxygen atoms in total. The molecule has 3 aromatic carbocycles. The molecule has 7 heteroatoms. The lowest BCUT2D eigenvalue weighted by atomic mass is 9.66. The molecule has 31 heavy (non-hydrogen) atoms. The molecule has 2 aliphatic heterocycles. The van der Waals surface area contributed by atoms with Crippen LogP contribution in [0, 0.1) is 5.92 Å². The van der Waals surface area contributed by atoms with Crippen LogP contribution < -0.4 is 9.64 Å². The summed E-state index contributed by atoms with van der Waals surface area (Å²) in [6, 6.07) is 20.8. The lowest BCUT2D eigenvalue weighted by molar-refractivity contribution is -0.141. The van der Waals surface area contributed by atoms with Crippen LogP contribution in [-0.2, 0) is 19.8 Å². The number of fused-ring (bicyclic) bond motifs is 1. The number of ether oxygens (including phenoxy) is 1. The SMILES string of the molecule is O=C1C[C@@H]([C@@]2(c3ccccc3)C(=O)Oc3ccc(Cl)cc32)C(=O)N1c1cccc(Br)c1. The molecule has 0 spiro atoms. The van der Waals surface area contributed by atoms with Gasteiger partial charge in [-0.2, -0.15) is 0 Å². The van der Waals surface area contributed by atoms with Crippen LogP contribution >= 0.6 is 27.5 Å². The number of carbonyl (C=O) groups excluding carboxylic acids is 3. The maximum Gasteiger partial charge on any atom is 0.327 e. The third kappa shape index (κ3) is 2.93. The molecule has 2 aliphatic rings. The molecule has 1 fully saturated rings. The van der Waals surface area contributed by atoms with Gasteiger partial charge in [-0.3, -0.25) is 19.3 Å². The normalized spacial score (nSPS) is 22.6. The van der Waals surface area contributed by atoms with E-state index >= 15 is 0 Å². The Hall–Kier alpha value is -2.96. The van der Waals surface area contributed by atoms with Gasteiger partial charge in [0.2, 0.25) is 11.8 Å². The third-order valence-corrected chi connectivity index (χ3v) is 6.58. The summed E-state index contributed by atoms with van der Waals surface area (Å²) in [6.45, 7) is 0. The minimum atomic E-state index is -1.46. The zero-order valence-electron chi connectivity index (χ0n) is 16.0. The summed E-state index contributed by atoms with van der Waals surface area (Å²) < 4.78 is 6.34. The highest BCUT2D eigenvalue weighted by molar-refractivity contribution is 9.10. The summed E-state index contributed by atoms with van der Waals surface area (Å²) in [5.41, 5.74) is 0.0733. The van der Waals surface area contributed by atoms with Crippen LogP contribution in [0.1, 0.15) is 17.5 Å². The number of hydrogen-bond donors (Lipinski definition) is 0. The van der Waals surface area contributed by atoms with Gasteiger partial charge in [0.15, 0.2) is 0 Å². The predicted octanol–water partition coefficient (Wildman–Crippen LogP) is 4.89. The van der Waals surface area contributed by atoms with Crippen LogP contribution in [0.25, 0.3) is 0 Å². The highest BCUT2D eigenvalue weighted by Crippen LogP contribution is 2.53. The molecule has 0 aliphatic carbocycles. The summed E-state index contributed by atoms with van der Waals surface area (Å²) in [7, 11) is 0. The van der Waals surface area contributed by atoms with E-state index < -0.39 is 23.2 Å². The number of hydrogen-bond acceptors (Lipinski definition) is 4. The van der Waals surface area contributed by atoms with Crippen molar-refractivity contribution >= 4 is 51.0 Å². The van der Waals surface area contributed by atoms with Crippen LogP contribution in [0.4, 0.5) is 5.69 Å². The van der Waals surface area contributed by atoms with Crippen molar-refractivity contribution in [3.8, 4) is 5.75 Å².